The Morgan fingerprint density at radius 1 is 1.14 bits per heavy atom. The molecule has 2 heterocycles. The number of carbonyl (C=O) groups excluding carboxylic acids is 1. The molecule has 7 nitrogen and oxygen atoms in total. The summed E-state index contributed by atoms with van der Waals surface area (Å²) in [6.07, 6.45) is 4.29. The fourth-order valence-electron chi connectivity index (χ4n) is 3.29. The topological polar surface area (TPSA) is 88.6 Å². The van der Waals surface area contributed by atoms with Gasteiger partial charge in [0.1, 0.15) is 10.6 Å². The van der Waals surface area contributed by atoms with Crippen molar-refractivity contribution in [1.29, 1.82) is 0 Å². The summed E-state index contributed by atoms with van der Waals surface area (Å²) < 4.78 is 33.9. The van der Waals surface area contributed by atoms with Crippen LogP contribution in [0.15, 0.2) is 41.6 Å². The van der Waals surface area contributed by atoms with Crippen LogP contribution in [0.3, 0.4) is 0 Å². The van der Waals surface area contributed by atoms with E-state index in [0.717, 1.165) is 11.1 Å². The first-order valence-electron chi connectivity index (χ1n) is 9.18. The zero-order valence-corrected chi connectivity index (χ0v) is 17.1. The number of hydrogen-bond acceptors (Lipinski definition) is 5. The number of amides is 1. The number of sulfonamides is 1. The third-order valence-electron chi connectivity index (χ3n) is 5.10. The Bertz CT molecular complexity index is 953. The second kappa shape index (κ2) is 8.28. The minimum atomic E-state index is -3.72. The van der Waals surface area contributed by atoms with Crippen molar-refractivity contribution in [3.05, 3.63) is 53.3 Å². The molecule has 0 atom stereocenters. The van der Waals surface area contributed by atoms with Gasteiger partial charge >= 0.3 is 0 Å². The van der Waals surface area contributed by atoms with Gasteiger partial charge in [-0.1, -0.05) is 0 Å². The van der Waals surface area contributed by atoms with Gasteiger partial charge in [0.15, 0.2) is 0 Å². The van der Waals surface area contributed by atoms with Crippen LogP contribution in [0.25, 0.3) is 0 Å². The molecular formula is C20H25N3O4S. The normalized spacial score (nSPS) is 15.5. The van der Waals surface area contributed by atoms with E-state index in [2.05, 4.69) is 9.71 Å². The second-order valence-electron chi connectivity index (χ2n) is 7.01. The number of ether oxygens (including phenoxy) is 1. The summed E-state index contributed by atoms with van der Waals surface area (Å²) in [4.78, 5) is 18.3. The van der Waals surface area contributed by atoms with Gasteiger partial charge in [0.2, 0.25) is 10.0 Å². The number of aryl methyl sites for hydroxylation is 2. The monoisotopic (exact) mass is 403 g/mol. The zero-order chi connectivity index (χ0) is 20.3. The Morgan fingerprint density at radius 2 is 1.75 bits per heavy atom. The van der Waals surface area contributed by atoms with Gasteiger partial charge in [-0.05, 0) is 62.1 Å². The maximum atomic E-state index is 12.9. The van der Waals surface area contributed by atoms with Crippen molar-refractivity contribution in [2.45, 2.75) is 37.6 Å². The first-order chi connectivity index (χ1) is 13.3. The van der Waals surface area contributed by atoms with Crippen LogP contribution >= 0.6 is 0 Å². The molecule has 0 unspecified atom stereocenters. The summed E-state index contributed by atoms with van der Waals surface area (Å²) in [6, 6.07) is 6.52. The second-order valence-corrected chi connectivity index (χ2v) is 8.69. The molecule has 3 rings (SSSR count). The van der Waals surface area contributed by atoms with E-state index >= 15 is 0 Å². The van der Waals surface area contributed by atoms with Gasteiger partial charge in [0, 0.05) is 37.1 Å². The Balaban J connectivity index is 1.67. The fraction of sp³-hybridized carbons (Fsp3) is 0.400. The maximum Gasteiger partial charge on any atom is 0.253 e. The first kappa shape index (κ1) is 20.3. The molecule has 0 spiro atoms. The lowest BCUT2D eigenvalue weighted by Crippen LogP contribution is -2.46. The number of piperidine rings is 1. The number of carbonyl (C=O) groups is 1. The molecule has 0 saturated carbocycles. The van der Waals surface area contributed by atoms with Crippen LogP contribution in [0.5, 0.6) is 5.75 Å². The predicted molar refractivity (Wildman–Crippen MR) is 106 cm³/mol. The van der Waals surface area contributed by atoms with Crippen LogP contribution in [-0.2, 0) is 10.0 Å². The quantitative estimate of drug-likeness (QED) is 0.827. The molecule has 1 aromatic heterocycles. The number of likely N-dealkylation sites (tertiary alicyclic amines) is 1. The maximum absolute atomic E-state index is 12.9. The average molecular weight is 404 g/mol. The molecule has 0 aliphatic carbocycles. The van der Waals surface area contributed by atoms with Crippen molar-refractivity contribution in [3.63, 3.8) is 0 Å². The number of nitrogens with one attached hydrogen (secondary N) is 1. The molecular weight excluding hydrogens is 378 g/mol. The number of benzene rings is 1. The standard InChI is InChI=1S/C20H25N3O4S/c1-14-12-18(27-3)19(13-15(14)2)28(25,26)22-17-6-10-23(11-7-17)20(24)16-4-8-21-9-5-16/h4-5,8-9,12-13,17,22H,6-7,10-11H2,1-3H3. The molecule has 1 aromatic carbocycles. The van der Waals surface area contributed by atoms with E-state index in [1.165, 1.54) is 7.11 Å². The molecule has 2 aromatic rings. The lowest BCUT2D eigenvalue weighted by Gasteiger charge is -2.32. The first-order valence-corrected chi connectivity index (χ1v) is 10.7. The van der Waals surface area contributed by atoms with Crippen molar-refractivity contribution in [1.82, 2.24) is 14.6 Å². The third-order valence-corrected chi connectivity index (χ3v) is 6.64. The number of hydrogen-bond donors (Lipinski definition) is 1. The summed E-state index contributed by atoms with van der Waals surface area (Å²) in [5.74, 6) is 0.278. The van der Waals surface area contributed by atoms with E-state index in [1.807, 2.05) is 13.8 Å². The van der Waals surface area contributed by atoms with Gasteiger partial charge in [-0.15, -0.1) is 0 Å². The van der Waals surface area contributed by atoms with Crippen LogP contribution in [0.2, 0.25) is 0 Å². The molecule has 0 bridgehead atoms. The van der Waals surface area contributed by atoms with Crippen molar-refractivity contribution in [3.8, 4) is 5.75 Å². The van der Waals surface area contributed by atoms with Crippen molar-refractivity contribution in [2.24, 2.45) is 0 Å². The summed E-state index contributed by atoms with van der Waals surface area (Å²) in [6.45, 7) is 4.78. The molecule has 0 radical (unpaired) electrons. The SMILES string of the molecule is COc1cc(C)c(C)cc1S(=O)(=O)NC1CCN(C(=O)c2ccncc2)CC1. The summed E-state index contributed by atoms with van der Waals surface area (Å²) in [7, 11) is -2.25. The number of nitrogens with zero attached hydrogens (tertiary/aromatic N) is 2. The lowest BCUT2D eigenvalue weighted by atomic mass is 10.1. The molecule has 1 aliphatic rings. The highest BCUT2D eigenvalue weighted by Gasteiger charge is 2.29. The molecule has 8 heteroatoms. The van der Waals surface area contributed by atoms with Crippen molar-refractivity contribution < 1.29 is 17.9 Å². The van der Waals surface area contributed by atoms with Gasteiger partial charge in [-0.3, -0.25) is 9.78 Å². The molecule has 1 saturated heterocycles. The van der Waals surface area contributed by atoms with Gasteiger partial charge < -0.3 is 9.64 Å². The van der Waals surface area contributed by atoms with E-state index in [0.29, 0.717) is 37.2 Å². The highest BCUT2D eigenvalue weighted by Crippen LogP contribution is 2.28. The Kier molecular flexibility index (Phi) is 6.00. The Morgan fingerprint density at radius 3 is 2.36 bits per heavy atom. The number of rotatable bonds is 5. The van der Waals surface area contributed by atoms with Gasteiger partial charge in [0.25, 0.3) is 5.91 Å². The number of pyridine rings is 1. The lowest BCUT2D eigenvalue weighted by molar-refractivity contribution is 0.0711. The van der Waals surface area contributed by atoms with Gasteiger partial charge in [-0.2, -0.15) is 0 Å². The fourth-order valence-corrected chi connectivity index (χ4v) is 4.83. The minimum Gasteiger partial charge on any atom is -0.495 e. The summed E-state index contributed by atoms with van der Waals surface area (Å²) in [5, 5.41) is 0. The van der Waals surface area contributed by atoms with Crippen molar-refractivity contribution in [2.75, 3.05) is 20.2 Å². The molecule has 1 N–H and O–H groups in total. The van der Waals surface area contributed by atoms with Crippen molar-refractivity contribution >= 4 is 15.9 Å². The van der Waals surface area contributed by atoms with Gasteiger partial charge in [-0.25, -0.2) is 13.1 Å². The smallest absolute Gasteiger partial charge is 0.253 e. The molecule has 150 valence electrons. The molecule has 1 fully saturated rings. The molecule has 28 heavy (non-hydrogen) atoms. The highest BCUT2D eigenvalue weighted by molar-refractivity contribution is 7.89. The van der Waals surface area contributed by atoms with Gasteiger partial charge in [0.05, 0.1) is 7.11 Å². The van der Waals surface area contributed by atoms with E-state index in [4.69, 9.17) is 4.74 Å². The van der Waals surface area contributed by atoms with E-state index < -0.39 is 10.0 Å². The van der Waals surface area contributed by atoms with Crippen LogP contribution < -0.4 is 9.46 Å². The number of aromatic nitrogens is 1. The van der Waals surface area contributed by atoms with E-state index in [1.54, 1.807) is 41.6 Å². The van der Waals surface area contributed by atoms with Crippen LogP contribution in [0.1, 0.15) is 34.3 Å². The molecule has 1 amide bonds. The van der Waals surface area contributed by atoms with E-state index in [9.17, 15) is 13.2 Å². The largest absolute Gasteiger partial charge is 0.495 e. The Labute approximate surface area is 165 Å². The molecule has 1 aliphatic heterocycles. The highest BCUT2D eigenvalue weighted by atomic mass is 32.2. The van der Waals surface area contributed by atoms with E-state index in [-0.39, 0.29) is 16.8 Å². The minimum absolute atomic E-state index is 0.0560. The zero-order valence-electron chi connectivity index (χ0n) is 16.3. The van der Waals surface area contributed by atoms with Crippen LogP contribution in [0.4, 0.5) is 0 Å². The Hall–Kier alpha value is -2.45. The van der Waals surface area contributed by atoms with Crippen LogP contribution in [0, 0.1) is 13.8 Å². The summed E-state index contributed by atoms with van der Waals surface area (Å²) >= 11 is 0. The third kappa shape index (κ3) is 4.34. The average Bonchev–Trinajstić information content (AvgIpc) is 2.70. The number of methoxy groups -OCH3 is 1. The van der Waals surface area contributed by atoms with Crippen LogP contribution in [-0.4, -0.2) is 50.5 Å². The summed E-state index contributed by atoms with van der Waals surface area (Å²) in [5.41, 5.74) is 2.45. The predicted octanol–water partition coefficient (Wildman–Crippen LogP) is 2.29.